The van der Waals surface area contributed by atoms with Crippen molar-refractivity contribution in [3.8, 4) is 0 Å². The van der Waals surface area contributed by atoms with Crippen LogP contribution in [0.15, 0.2) is 34.7 Å². The first-order valence-corrected chi connectivity index (χ1v) is 7.35. The molecule has 0 aliphatic rings. The summed E-state index contributed by atoms with van der Waals surface area (Å²) < 4.78 is 28.7. The van der Waals surface area contributed by atoms with Crippen LogP contribution in [0.4, 0.5) is 0 Å². The molecule has 0 aliphatic carbocycles. The van der Waals surface area contributed by atoms with E-state index in [-0.39, 0.29) is 5.76 Å². The van der Waals surface area contributed by atoms with Crippen LogP contribution in [0, 0.1) is 0 Å². The quantitative estimate of drug-likeness (QED) is 0.797. The zero-order valence-corrected chi connectivity index (χ0v) is 11.0. The molecular weight excluding hydrogens is 252 g/mol. The Morgan fingerprint density at radius 2 is 1.94 bits per heavy atom. The number of para-hydroxylation sites is 1. The van der Waals surface area contributed by atoms with E-state index in [0.29, 0.717) is 5.58 Å². The molecule has 18 heavy (non-hydrogen) atoms. The molecule has 96 valence electrons. The van der Waals surface area contributed by atoms with E-state index in [1.165, 1.54) is 0 Å². The Hall–Kier alpha value is -1.62. The van der Waals surface area contributed by atoms with Gasteiger partial charge < -0.3 is 4.42 Å². The van der Waals surface area contributed by atoms with Gasteiger partial charge in [0.1, 0.15) is 11.3 Å². The highest BCUT2D eigenvalue weighted by molar-refractivity contribution is 7.92. The summed E-state index contributed by atoms with van der Waals surface area (Å²) in [6.07, 6.45) is 0. The fraction of sp³-hybridized carbons (Fsp3) is 0.308. The molecular formula is C13H14O4S. The van der Waals surface area contributed by atoms with E-state index >= 15 is 0 Å². The van der Waals surface area contributed by atoms with Crippen molar-refractivity contribution in [2.45, 2.75) is 19.1 Å². The molecule has 0 fully saturated rings. The van der Waals surface area contributed by atoms with Crippen LogP contribution in [-0.2, 0) is 9.84 Å². The summed E-state index contributed by atoms with van der Waals surface area (Å²) in [6, 6.07) is 8.76. The third-order valence-corrected chi connectivity index (χ3v) is 4.85. The van der Waals surface area contributed by atoms with E-state index in [9.17, 15) is 13.2 Å². The first-order valence-electron chi connectivity index (χ1n) is 5.63. The van der Waals surface area contributed by atoms with E-state index in [1.807, 2.05) is 12.1 Å². The number of carbonyl (C=O) groups excluding carboxylic acids is 1. The second-order valence-electron chi connectivity index (χ2n) is 4.43. The molecule has 1 heterocycles. The van der Waals surface area contributed by atoms with E-state index in [1.54, 1.807) is 32.0 Å². The summed E-state index contributed by atoms with van der Waals surface area (Å²) in [6.45, 7) is 3.11. The van der Waals surface area contributed by atoms with Crippen molar-refractivity contribution >= 4 is 26.6 Å². The van der Waals surface area contributed by atoms with Gasteiger partial charge >= 0.3 is 0 Å². The van der Waals surface area contributed by atoms with Gasteiger partial charge in [-0.2, -0.15) is 0 Å². The molecule has 4 nitrogen and oxygen atoms in total. The molecule has 0 bridgehead atoms. The lowest BCUT2D eigenvalue weighted by Crippen LogP contribution is -2.23. The van der Waals surface area contributed by atoms with E-state index in [2.05, 4.69) is 0 Å². The molecule has 0 spiro atoms. The molecule has 0 unspecified atom stereocenters. The van der Waals surface area contributed by atoms with Crippen LogP contribution < -0.4 is 0 Å². The van der Waals surface area contributed by atoms with Gasteiger partial charge in [-0.25, -0.2) is 8.42 Å². The summed E-state index contributed by atoms with van der Waals surface area (Å²) in [4.78, 5) is 11.9. The van der Waals surface area contributed by atoms with Gasteiger partial charge in [0.25, 0.3) is 0 Å². The van der Waals surface area contributed by atoms with Crippen molar-refractivity contribution in [3.63, 3.8) is 0 Å². The molecule has 0 saturated heterocycles. The summed E-state index contributed by atoms with van der Waals surface area (Å²) >= 11 is 0. The Kier molecular flexibility index (Phi) is 3.26. The maximum absolute atomic E-state index is 11.9. The number of hydrogen-bond donors (Lipinski definition) is 0. The highest BCUT2D eigenvalue weighted by atomic mass is 32.2. The molecule has 5 heteroatoms. The minimum Gasteiger partial charge on any atom is -0.453 e. The normalized spacial score (nSPS) is 12.2. The minimum atomic E-state index is -3.39. The predicted molar refractivity (Wildman–Crippen MR) is 69.5 cm³/mol. The second kappa shape index (κ2) is 4.57. The first-order chi connectivity index (χ1) is 8.40. The largest absolute Gasteiger partial charge is 0.453 e. The number of Topliss-reactive ketones (excluding diaryl/α,β-unsaturated/α-hetero) is 1. The van der Waals surface area contributed by atoms with Gasteiger partial charge in [0.15, 0.2) is 15.6 Å². The SMILES string of the molecule is CC(C)S(=O)(=O)CC(=O)c1cc2ccccc2o1. The predicted octanol–water partition coefficient (Wildman–Crippen LogP) is 2.44. The third kappa shape index (κ3) is 2.46. The fourth-order valence-electron chi connectivity index (χ4n) is 1.54. The van der Waals surface area contributed by atoms with E-state index < -0.39 is 26.6 Å². The number of carbonyl (C=O) groups is 1. The number of fused-ring (bicyclic) bond motifs is 1. The van der Waals surface area contributed by atoms with E-state index in [0.717, 1.165) is 5.39 Å². The molecule has 0 amide bonds. The average molecular weight is 266 g/mol. The summed E-state index contributed by atoms with van der Waals surface area (Å²) in [5.74, 6) is -0.912. The van der Waals surface area contributed by atoms with Gasteiger partial charge in [-0.05, 0) is 26.0 Å². The lowest BCUT2D eigenvalue weighted by atomic mass is 10.2. The highest BCUT2D eigenvalue weighted by Gasteiger charge is 2.23. The zero-order valence-electron chi connectivity index (χ0n) is 10.2. The Labute approximate surface area is 106 Å². The number of furan rings is 1. The first kappa shape index (κ1) is 12.8. The average Bonchev–Trinajstić information content (AvgIpc) is 2.71. The Morgan fingerprint density at radius 3 is 2.56 bits per heavy atom. The lowest BCUT2D eigenvalue weighted by molar-refractivity contribution is 0.0992. The van der Waals surface area contributed by atoms with Gasteiger partial charge in [-0.3, -0.25) is 4.79 Å². The van der Waals surface area contributed by atoms with Crippen molar-refractivity contribution in [2.75, 3.05) is 5.75 Å². The second-order valence-corrected chi connectivity index (χ2v) is 6.98. The van der Waals surface area contributed by atoms with Crippen molar-refractivity contribution in [3.05, 3.63) is 36.1 Å². The molecule has 0 atom stereocenters. The maximum Gasteiger partial charge on any atom is 0.213 e. The molecule has 1 aromatic heterocycles. The van der Waals surface area contributed by atoms with Crippen LogP contribution in [0.25, 0.3) is 11.0 Å². The monoisotopic (exact) mass is 266 g/mol. The maximum atomic E-state index is 11.9. The van der Waals surface area contributed by atoms with Crippen molar-refractivity contribution < 1.29 is 17.6 Å². The van der Waals surface area contributed by atoms with Crippen LogP contribution in [0.1, 0.15) is 24.4 Å². The molecule has 0 N–H and O–H groups in total. The number of rotatable bonds is 4. The van der Waals surface area contributed by atoms with Crippen LogP contribution >= 0.6 is 0 Å². The smallest absolute Gasteiger partial charge is 0.213 e. The van der Waals surface area contributed by atoms with Crippen molar-refractivity contribution in [1.82, 2.24) is 0 Å². The zero-order chi connectivity index (χ0) is 13.3. The van der Waals surface area contributed by atoms with E-state index in [4.69, 9.17) is 4.42 Å². The summed E-state index contributed by atoms with van der Waals surface area (Å²) in [5, 5.41) is 0.230. The topological polar surface area (TPSA) is 64.3 Å². The Balaban J connectivity index is 2.29. The van der Waals surface area contributed by atoms with Crippen LogP contribution in [0.2, 0.25) is 0 Å². The number of sulfone groups is 1. The lowest BCUT2D eigenvalue weighted by Gasteiger charge is -2.04. The minimum absolute atomic E-state index is 0.0976. The van der Waals surface area contributed by atoms with Crippen molar-refractivity contribution in [1.29, 1.82) is 0 Å². The summed E-state index contributed by atoms with van der Waals surface area (Å²) in [7, 11) is -3.39. The molecule has 0 radical (unpaired) electrons. The Morgan fingerprint density at radius 1 is 1.28 bits per heavy atom. The molecule has 0 aliphatic heterocycles. The molecule has 2 rings (SSSR count). The van der Waals surface area contributed by atoms with Gasteiger partial charge in [0.2, 0.25) is 5.78 Å². The Bertz CT molecular complexity index is 647. The van der Waals surface area contributed by atoms with Gasteiger partial charge in [0.05, 0.1) is 5.25 Å². The number of ketones is 1. The van der Waals surface area contributed by atoms with Gasteiger partial charge in [-0.1, -0.05) is 18.2 Å². The number of hydrogen-bond acceptors (Lipinski definition) is 4. The van der Waals surface area contributed by atoms with Crippen molar-refractivity contribution in [2.24, 2.45) is 0 Å². The number of benzene rings is 1. The molecule has 2 aromatic rings. The standard InChI is InChI=1S/C13H14O4S/c1-9(2)18(15,16)8-11(14)13-7-10-5-3-4-6-12(10)17-13/h3-7,9H,8H2,1-2H3. The van der Waals surface area contributed by atoms with Crippen LogP contribution in [-0.4, -0.2) is 25.2 Å². The highest BCUT2D eigenvalue weighted by Crippen LogP contribution is 2.19. The van der Waals surface area contributed by atoms with Gasteiger partial charge in [0, 0.05) is 5.39 Å². The van der Waals surface area contributed by atoms with Crippen LogP contribution in [0.5, 0.6) is 0 Å². The fourth-order valence-corrected chi connectivity index (χ4v) is 2.38. The van der Waals surface area contributed by atoms with Crippen LogP contribution in [0.3, 0.4) is 0 Å². The molecule has 0 saturated carbocycles. The third-order valence-electron chi connectivity index (χ3n) is 2.75. The summed E-state index contributed by atoms with van der Waals surface area (Å²) in [5.41, 5.74) is 0.586. The van der Waals surface area contributed by atoms with Gasteiger partial charge in [-0.15, -0.1) is 0 Å². The molecule has 1 aromatic carbocycles.